The first-order chi connectivity index (χ1) is 11.3. The second-order valence-electron chi connectivity index (χ2n) is 5.45. The Labute approximate surface area is 133 Å². The predicted molar refractivity (Wildman–Crippen MR) is 88.3 cm³/mol. The summed E-state index contributed by atoms with van der Waals surface area (Å²) in [6.07, 6.45) is 0.410. The van der Waals surface area contributed by atoms with E-state index >= 15 is 0 Å². The molecule has 0 spiro atoms. The van der Waals surface area contributed by atoms with E-state index in [1.54, 1.807) is 0 Å². The molecule has 2 N–H and O–H groups in total. The van der Waals surface area contributed by atoms with Crippen LogP contribution in [0.1, 0.15) is 11.1 Å². The first kappa shape index (κ1) is 13.6. The average Bonchev–Trinajstić information content (AvgIpc) is 3.14. The van der Waals surface area contributed by atoms with Crippen LogP contribution in [-0.4, -0.2) is 23.4 Å². The van der Waals surface area contributed by atoms with Crippen molar-refractivity contribution in [3.8, 4) is 22.5 Å². The number of nitrogens with one attached hydrogen (secondary N) is 2. The topological polar surface area (TPSA) is 67.0 Å². The molecule has 23 heavy (non-hydrogen) atoms. The maximum atomic E-state index is 11.2. The monoisotopic (exact) mass is 305 g/mol. The molecule has 5 heteroatoms. The molecule has 1 heterocycles. The third-order valence-electron chi connectivity index (χ3n) is 4.11. The SMILES string of the molecule is COC(=O)Nc1ccc(-c2n[nH]c3c2Cc2ccccc2-3)cc1. The van der Waals surface area contributed by atoms with Gasteiger partial charge in [-0.2, -0.15) is 5.10 Å². The fraction of sp³-hybridized carbons (Fsp3) is 0.111. The molecule has 5 nitrogen and oxygen atoms in total. The molecule has 0 radical (unpaired) electrons. The van der Waals surface area contributed by atoms with Gasteiger partial charge in [-0.05, 0) is 17.7 Å². The van der Waals surface area contributed by atoms with Gasteiger partial charge >= 0.3 is 6.09 Å². The van der Waals surface area contributed by atoms with Crippen LogP contribution in [0, 0.1) is 0 Å². The van der Waals surface area contributed by atoms with Crippen molar-refractivity contribution in [1.29, 1.82) is 0 Å². The van der Waals surface area contributed by atoms with Crippen LogP contribution in [0.3, 0.4) is 0 Å². The minimum Gasteiger partial charge on any atom is -0.453 e. The van der Waals surface area contributed by atoms with Crippen LogP contribution in [0.2, 0.25) is 0 Å². The molecule has 0 fully saturated rings. The van der Waals surface area contributed by atoms with Gasteiger partial charge < -0.3 is 4.74 Å². The second-order valence-corrected chi connectivity index (χ2v) is 5.45. The van der Waals surface area contributed by atoms with Gasteiger partial charge in [-0.15, -0.1) is 0 Å². The van der Waals surface area contributed by atoms with E-state index in [1.165, 1.54) is 23.8 Å². The number of aromatic amines is 1. The van der Waals surface area contributed by atoms with Crippen molar-refractivity contribution < 1.29 is 9.53 Å². The van der Waals surface area contributed by atoms with Crippen molar-refractivity contribution in [1.82, 2.24) is 10.2 Å². The Bertz CT molecular complexity index is 882. The lowest BCUT2D eigenvalue weighted by Gasteiger charge is -2.05. The third-order valence-corrected chi connectivity index (χ3v) is 4.11. The first-order valence-electron chi connectivity index (χ1n) is 7.37. The number of methoxy groups -OCH3 is 1. The molecule has 4 rings (SSSR count). The van der Waals surface area contributed by atoms with E-state index in [9.17, 15) is 4.79 Å². The number of amides is 1. The van der Waals surface area contributed by atoms with Gasteiger partial charge in [-0.1, -0.05) is 36.4 Å². The number of rotatable bonds is 2. The zero-order valence-electron chi connectivity index (χ0n) is 12.6. The molecular formula is C18H15N3O2. The first-order valence-corrected chi connectivity index (χ1v) is 7.37. The highest BCUT2D eigenvalue weighted by atomic mass is 16.5. The Balaban J connectivity index is 1.66. The van der Waals surface area contributed by atoms with Gasteiger partial charge in [0, 0.05) is 28.8 Å². The number of carbonyl (C=O) groups is 1. The zero-order chi connectivity index (χ0) is 15.8. The Morgan fingerprint density at radius 1 is 1.17 bits per heavy atom. The highest BCUT2D eigenvalue weighted by Crippen LogP contribution is 2.39. The summed E-state index contributed by atoms with van der Waals surface area (Å²) in [5.41, 5.74) is 7.54. The summed E-state index contributed by atoms with van der Waals surface area (Å²) in [5, 5.41) is 10.3. The molecule has 0 atom stereocenters. The van der Waals surface area contributed by atoms with Crippen LogP contribution in [0.4, 0.5) is 10.5 Å². The normalized spacial score (nSPS) is 11.7. The number of aromatic nitrogens is 2. The van der Waals surface area contributed by atoms with Gasteiger partial charge in [0.2, 0.25) is 0 Å². The van der Waals surface area contributed by atoms with Crippen LogP contribution >= 0.6 is 0 Å². The van der Waals surface area contributed by atoms with E-state index in [1.807, 2.05) is 30.3 Å². The Hall–Kier alpha value is -3.08. The number of benzene rings is 2. The number of ether oxygens (including phenoxy) is 1. The summed E-state index contributed by atoms with van der Waals surface area (Å²) in [5.74, 6) is 0. The summed E-state index contributed by atoms with van der Waals surface area (Å²) < 4.78 is 4.59. The summed E-state index contributed by atoms with van der Waals surface area (Å²) in [6, 6.07) is 16.0. The number of H-pyrrole nitrogens is 1. The smallest absolute Gasteiger partial charge is 0.411 e. The zero-order valence-corrected chi connectivity index (χ0v) is 12.6. The molecule has 2 aromatic carbocycles. The summed E-state index contributed by atoms with van der Waals surface area (Å²) in [4.78, 5) is 11.2. The number of hydrogen-bond acceptors (Lipinski definition) is 3. The van der Waals surface area contributed by atoms with Crippen LogP contribution in [0.5, 0.6) is 0 Å². The van der Waals surface area contributed by atoms with Crippen LogP contribution in [0.25, 0.3) is 22.5 Å². The van der Waals surface area contributed by atoms with Gasteiger partial charge in [0.15, 0.2) is 0 Å². The third kappa shape index (κ3) is 2.26. The van der Waals surface area contributed by atoms with Crippen molar-refractivity contribution in [3.05, 3.63) is 59.7 Å². The van der Waals surface area contributed by atoms with Crippen LogP contribution in [-0.2, 0) is 11.2 Å². The lowest BCUT2D eigenvalue weighted by molar-refractivity contribution is 0.187. The highest BCUT2D eigenvalue weighted by molar-refractivity contribution is 5.85. The van der Waals surface area contributed by atoms with Crippen molar-refractivity contribution >= 4 is 11.8 Å². The second kappa shape index (κ2) is 5.28. The molecule has 1 aliphatic carbocycles. The van der Waals surface area contributed by atoms with Crippen molar-refractivity contribution in [2.45, 2.75) is 6.42 Å². The lowest BCUT2D eigenvalue weighted by atomic mass is 10.1. The molecule has 0 bridgehead atoms. The average molecular weight is 305 g/mol. The fourth-order valence-electron chi connectivity index (χ4n) is 2.99. The van der Waals surface area contributed by atoms with E-state index < -0.39 is 6.09 Å². The van der Waals surface area contributed by atoms with E-state index in [4.69, 9.17) is 0 Å². The Morgan fingerprint density at radius 2 is 1.96 bits per heavy atom. The van der Waals surface area contributed by atoms with E-state index in [2.05, 4.69) is 38.5 Å². The van der Waals surface area contributed by atoms with Crippen LogP contribution < -0.4 is 5.32 Å². The summed E-state index contributed by atoms with van der Waals surface area (Å²) >= 11 is 0. The maximum absolute atomic E-state index is 11.2. The standard InChI is InChI=1S/C18H15N3O2/c1-23-18(22)19-13-8-6-11(7-9-13)16-15-10-12-4-2-3-5-14(12)17(15)21-20-16/h2-9H,10H2,1H3,(H,19,22)(H,20,21). The van der Waals surface area contributed by atoms with Gasteiger partial charge in [0.05, 0.1) is 18.5 Å². The number of carbonyl (C=O) groups excluding carboxylic acids is 1. The predicted octanol–water partition coefficient (Wildman–Crippen LogP) is 3.83. The van der Waals surface area contributed by atoms with E-state index in [-0.39, 0.29) is 0 Å². The largest absolute Gasteiger partial charge is 0.453 e. The van der Waals surface area contributed by atoms with E-state index in [0.717, 1.165) is 23.4 Å². The molecule has 0 aliphatic heterocycles. The van der Waals surface area contributed by atoms with Gasteiger partial charge in [-0.25, -0.2) is 4.79 Å². The summed E-state index contributed by atoms with van der Waals surface area (Å²) in [7, 11) is 1.34. The summed E-state index contributed by atoms with van der Waals surface area (Å²) in [6.45, 7) is 0. The maximum Gasteiger partial charge on any atom is 0.411 e. The molecule has 1 aromatic heterocycles. The highest BCUT2D eigenvalue weighted by Gasteiger charge is 2.24. The van der Waals surface area contributed by atoms with Crippen molar-refractivity contribution in [2.24, 2.45) is 0 Å². The molecule has 0 unspecified atom stereocenters. The number of anilines is 1. The molecule has 1 amide bonds. The lowest BCUT2D eigenvalue weighted by Crippen LogP contribution is -2.10. The number of fused-ring (bicyclic) bond motifs is 3. The number of hydrogen-bond donors (Lipinski definition) is 2. The molecule has 1 aliphatic rings. The van der Waals surface area contributed by atoms with Gasteiger partial charge in [-0.3, -0.25) is 10.4 Å². The van der Waals surface area contributed by atoms with Crippen molar-refractivity contribution in [2.75, 3.05) is 12.4 Å². The Kier molecular flexibility index (Phi) is 3.12. The molecule has 3 aromatic rings. The van der Waals surface area contributed by atoms with E-state index in [0.29, 0.717) is 5.69 Å². The minimum absolute atomic E-state index is 0.478. The quantitative estimate of drug-likeness (QED) is 0.591. The van der Waals surface area contributed by atoms with Crippen molar-refractivity contribution in [3.63, 3.8) is 0 Å². The molecular weight excluding hydrogens is 290 g/mol. The van der Waals surface area contributed by atoms with Crippen LogP contribution in [0.15, 0.2) is 48.5 Å². The minimum atomic E-state index is -0.478. The van der Waals surface area contributed by atoms with Gasteiger partial charge in [0.1, 0.15) is 0 Å². The molecule has 0 saturated carbocycles. The molecule has 114 valence electrons. The number of nitrogens with zero attached hydrogens (tertiary/aromatic N) is 1. The fourth-order valence-corrected chi connectivity index (χ4v) is 2.99. The van der Waals surface area contributed by atoms with Gasteiger partial charge in [0.25, 0.3) is 0 Å². The molecule has 0 saturated heterocycles. The Morgan fingerprint density at radius 3 is 2.74 bits per heavy atom.